The second kappa shape index (κ2) is 6.90. The zero-order chi connectivity index (χ0) is 16.3. The third-order valence-corrected chi connectivity index (χ3v) is 4.22. The average Bonchev–Trinajstić information content (AvgIpc) is 2.48. The van der Waals surface area contributed by atoms with Crippen molar-refractivity contribution >= 4 is 11.8 Å². The lowest BCUT2D eigenvalue weighted by atomic mass is 9.92. The largest absolute Gasteiger partial charge is 0.349 e. The number of likely N-dealkylation sites (tertiary alicyclic amines) is 1. The lowest BCUT2D eigenvalue weighted by Crippen LogP contribution is -2.43. The molecule has 1 aliphatic rings. The number of amides is 2. The van der Waals surface area contributed by atoms with Gasteiger partial charge in [-0.2, -0.15) is 0 Å². The van der Waals surface area contributed by atoms with Crippen molar-refractivity contribution in [2.75, 3.05) is 13.6 Å². The van der Waals surface area contributed by atoms with E-state index in [1.165, 1.54) is 12.1 Å². The first-order valence-electron chi connectivity index (χ1n) is 7.68. The molecule has 0 bridgehead atoms. The first-order valence-corrected chi connectivity index (χ1v) is 7.68. The average molecular weight is 306 g/mol. The van der Waals surface area contributed by atoms with Crippen LogP contribution in [0, 0.1) is 17.7 Å². The fourth-order valence-corrected chi connectivity index (χ4v) is 2.74. The molecule has 1 aliphatic heterocycles. The molecule has 1 fully saturated rings. The Morgan fingerprint density at radius 1 is 1.32 bits per heavy atom. The number of rotatable bonds is 4. The van der Waals surface area contributed by atoms with Crippen LogP contribution in [0.5, 0.6) is 0 Å². The van der Waals surface area contributed by atoms with Gasteiger partial charge in [-0.1, -0.05) is 26.0 Å². The van der Waals surface area contributed by atoms with Crippen molar-refractivity contribution in [3.63, 3.8) is 0 Å². The molecule has 0 aliphatic carbocycles. The van der Waals surface area contributed by atoms with Crippen molar-refractivity contribution in [2.45, 2.75) is 32.7 Å². The summed E-state index contributed by atoms with van der Waals surface area (Å²) in [5, 5.41) is 3.03. The Hall–Kier alpha value is -1.91. The number of carbonyl (C=O) groups is 2. The van der Waals surface area contributed by atoms with Gasteiger partial charge in [0.05, 0.1) is 6.04 Å². The molecule has 5 heteroatoms. The first-order chi connectivity index (χ1) is 10.4. The summed E-state index contributed by atoms with van der Waals surface area (Å²) in [5.74, 6) is -0.473. The molecule has 1 aromatic carbocycles. The van der Waals surface area contributed by atoms with Crippen molar-refractivity contribution in [3.05, 3.63) is 35.6 Å². The highest BCUT2D eigenvalue weighted by Gasteiger charge is 2.30. The molecule has 2 unspecified atom stereocenters. The molecule has 0 spiro atoms. The lowest BCUT2D eigenvalue weighted by molar-refractivity contribution is -0.139. The molecule has 2 amide bonds. The second-order valence-electron chi connectivity index (χ2n) is 6.29. The van der Waals surface area contributed by atoms with Crippen LogP contribution in [0.2, 0.25) is 0 Å². The Labute approximate surface area is 130 Å². The maximum atomic E-state index is 13.1. The molecular weight excluding hydrogens is 283 g/mol. The molecule has 22 heavy (non-hydrogen) atoms. The predicted octanol–water partition coefficient (Wildman–Crippen LogP) is 2.51. The third kappa shape index (κ3) is 3.84. The minimum atomic E-state index is -0.293. The monoisotopic (exact) mass is 306 g/mol. The van der Waals surface area contributed by atoms with E-state index in [1.54, 1.807) is 24.1 Å². The van der Waals surface area contributed by atoms with E-state index in [4.69, 9.17) is 0 Å². The van der Waals surface area contributed by atoms with Crippen LogP contribution in [0.1, 0.15) is 38.3 Å². The number of nitrogens with one attached hydrogen (secondary N) is 1. The molecule has 0 saturated carbocycles. The standard InChI is InChI=1S/C17H23FN2O2/c1-11(2)16(12-4-6-14(18)7-5-12)19-17(22)13-8-9-20(3)15(21)10-13/h4-7,11,13,16H,8-10H2,1-3H3,(H,19,22). The van der Waals surface area contributed by atoms with E-state index in [1.807, 2.05) is 13.8 Å². The number of benzene rings is 1. The smallest absolute Gasteiger partial charge is 0.224 e. The van der Waals surface area contributed by atoms with Crippen LogP contribution in [-0.2, 0) is 9.59 Å². The Morgan fingerprint density at radius 3 is 2.50 bits per heavy atom. The Kier molecular flexibility index (Phi) is 5.16. The zero-order valence-electron chi connectivity index (χ0n) is 13.3. The molecule has 2 atom stereocenters. The molecular formula is C17H23FN2O2. The molecule has 0 radical (unpaired) electrons. The van der Waals surface area contributed by atoms with E-state index in [0.717, 1.165) is 5.56 Å². The van der Waals surface area contributed by atoms with E-state index in [2.05, 4.69) is 5.32 Å². The number of hydrogen-bond acceptors (Lipinski definition) is 2. The SMILES string of the molecule is CC(C)C(NC(=O)C1CCN(C)C(=O)C1)c1ccc(F)cc1. The molecule has 1 saturated heterocycles. The van der Waals surface area contributed by atoms with Crippen molar-refractivity contribution in [2.24, 2.45) is 11.8 Å². The summed E-state index contributed by atoms with van der Waals surface area (Å²) < 4.78 is 13.1. The molecule has 120 valence electrons. The summed E-state index contributed by atoms with van der Waals surface area (Å²) >= 11 is 0. The van der Waals surface area contributed by atoms with Gasteiger partial charge in [-0.05, 0) is 30.0 Å². The Bertz CT molecular complexity index is 542. The van der Waals surface area contributed by atoms with Gasteiger partial charge in [-0.15, -0.1) is 0 Å². The quantitative estimate of drug-likeness (QED) is 0.929. The minimum absolute atomic E-state index is 0.00859. The highest BCUT2D eigenvalue weighted by atomic mass is 19.1. The summed E-state index contributed by atoms with van der Waals surface area (Å²) in [6.45, 7) is 4.63. The highest BCUT2D eigenvalue weighted by molar-refractivity contribution is 5.87. The predicted molar refractivity (Wildman–Crippen MR) is 82.5 cm³/mol. The number of hydrogen-bond donors (Lipinski definition) is 1. The van der Waals surface area contributed by atoms with E-state index >= 15 is 0 Å². The number of piperidine rings is 1. The van der Waals surface area contributed by atoms with Gasteiger partial charge >= 0.3 is 0 Å². The van der Waals surface area contributed by atoms with E-state index in [9.17, 15) is 14.0 Å². The van der Waals surface area contributed by atoms with Crippen molar-refractivity contribution < 1.29 is 14.0 Å². The van der Waals surface area contributed by atoms with Crippen molar-refractivity contribution in [3.8, 4) is 0 Å². The van der Waals surface area contributed by atoms with Gasteiger partial charge in [0.15, 0.2) is 0 Å². The number of nitrogens with zero attached hydrogens (tertiary/aromatic N) is 1. The second-order valence-corrected chi connectivity index (χ2v) is 6.29. The maximum Gasteiger partial charge on any atom is 0.224 e. The highest BCUT2D eigenvalue weighted by Crippen LogP contribution is 2.24. The van der Waals surface area contributed by atoms with Gasteiger partial charge in [-0.25, -0.2) is 4.39 Å². The fraction of sp³-hybridized carbons (Fsp3) is 0.529. The summed E-state index contributed by atoms with van der Waals surface area (Å²) in [5.41, 5.74) is 0.879. The molecule has 1 N–H and O–H groups in total. The summed E-state index contributed by atoms with van der Waals surface area (Å²) in [6, 6.07) is 6.01. The van der Waals surface area contributed by atoms with Crippen LogP contribution in [0.15, 0.2) is 24.3 Å². The van der Waals surface area contributed by atoms with Crippen LogP contribution in [-0.4, -0.2) is 30.3 Å². The normalized spacial score (nSPS) is 20.1. The van der Waals surface area contributed by atoms with Gasteiger partial charge in [-0.3, -0.25) is 9.59 Å². The Morgan fingerprint density at radius 2 is 1.95 bits per heavy atom. The molecule has 2 rings (SSSR count). The topological polar surface area (TPSA) is 49.4 Å². The third-order valence-electron chi connectivity index (χ3n) is 4.22. The van der Waals surface area contributed by atoms with Gasteiger partial charge in [0.2, 0.25) is 11.8 Å². The van der Waals surface area contributed by atoms with Gasteiger partial charge in [0.1, 0.15) is 5.82 Å². The van der Waals surface area contributed by atoms with Gasteiger partial charge in [0.25, 0.3) is 0 Å². The number of carbonyl (C=O) groups excluding carboxylic acids is 2. The van der Waals surface area contributed by atoms with E-state index < -0.39 is 0 Å². The molecule has 1 heterocycles. The Balaban J connectivity index is 2.06. The molecule has 0 aromatic heterocycles. The number of halogens is 1. The zero-order valence-corrected chi connectivity index (χ0v) is 13.3. The fourth-order valence-electron chi connectivity index (χ4n) is 2.74. The van der Waals surface area contributed by atoms with E-state index in [-0.39, 0.29) is 41.9 Å². The van der Waals surface area contributed by atoms with Crippen molar-refractivity contribution in [1.82, 2.24) is 10.2 Å². The van der Waals surface area contributed by atoms with Crippen LogP contribution < -0.4 is 5.32 Å². The lowest BCUT2D eigenvalue weighted by Gasteiger charge is -2.30. The molecule has 4 nitrogen and oxygen atoms in total. The minimum Gasteiger partial charge on any atom is -0.349 e. The first kappa shape index (κ1) is 16.5. The van der Waals surface area contributed by atoms with Crippen LogP contribution >= 0.6 is 0 Å². The van der Waals surface area contributed by atoms with Crippen LogP contribution in [0.4, 0.5) is 4.39 Å². The molecule has 1 aromatic rings. The van der Waals surface area contributed by atoms with E-state index in [0.29, 0.717) is 13.0 Å². The van der Waals surface area contributed by atoms with Gasteiger partial charge < -0.3 is 10.2 Å². The van der Waals surface area contributed by atoms with Crippen LogP contribution in [0.25, 0.3) is 0 Å². The maximum absolute atomic E-state index is 13.1. The summed E-state index contributed by atoms with van der Waals surface area (Å²) in [4.78, 5) is 25.8. The van der Waals surface area contributed by atoms with Crippen molar-refractivity contribution in [1.29, 1.82) is 0 Å². The summed E-state index contributed by atoms with van der Waals surface area (Å²) in [6.07, 6.45) is 0.943. The van der Waals surface area contributed by atoms with Gasteiger partial charge in [0, 0.05) is 25.9 Å². The van der Waals surface area contributed by atoms with Crippen LogP contribution in [0.3, 0.4) is 0 Å². The summed E-state index contributed by atoms with van der Waals surface area (Å²) in [7, 11) is 1.76.